The van der Waals surface area contributed by atoms with Gasteiger partial charge in [0.25, 0.3) is 5.56 Å². The Morgan fingerprint density at radius 3 is 2.71 bits per heavy atom. The maximum absolute atomic E-state index is 12.3. The molecule has 0 amide bonds. The molecule has 0 radical (unpaired) electrons. The number of fused-ring (bicyclic) bond motifs is 1. The third-order valence-corrected chi connectivity index (χ3v) is 3.00. The molecule has 0 aliphatic heterocycles. The zero-order valence-electron chi connectivity index (χ0n) is 10.8. The minimum absolute atomic E-state index is 0.0706. The molecular weight excluding hydrogens is 212 g/mol. The van der Waals surface area contributed by atoms with Crippen LogP contribution < -0.4 is 5.56 Å². The normalized spacial score (nSPS) is 11.4. The molecule has 0 N–H and O–H groups in total. The molecule has 2 rings (SSSR count). The van der Waals surface area contributed by atoms with Crippen molar-refractivity contribution in [3.05, 3.63) is 40.1 Å². The van der Waals surface area contributed by atoms with Gasteiger partial charge >= 0.3 is 0 Å². The van der Waals surface area contributed by atoms with Crippen molar-refractivity contribution in [1.29, 1.82) is 0 Å². The SMILES string of the molecule is CCn1ccc2cc(C)nc(C(C)C)c2c1=O. The Bertz CT molecular complexity index is 611. The maximum atomic E-state index is 12.3. The van der Waals surface area contributed by atoms with Gasteiger partial charge in [-0.15, -0.1) is 0 Å². The van der Waals surface area contributed by atoms with Crippen LogP contribution in [0.5, 0.6) is 0 Å². The Morgan fingerprint density at radius 2 is 2.12 bits per heavy atom. The van der Waals surface area contributed by atoms with Crippen molar-refractivity contribution < 1.29 is 0 Å². The molecule has 0 saturated heterocycles. The second kappa shape index (κ2) is 4.32. The van der Waals surface area contributed by atoms with Crippen LogP contribution in [0.4, 0.5) is 0 Å². The average Bonchev–Trinajstić information content (AvgIpc) is 2.28. The van der Waals surface area contributed by atoms with Gasteiger partial charge in [-0.25, -0.2) is 0 Å². The fourth-order valence-corrected chi connectivity index (χ4v) is 2.14. The molecule has 0 atom stereocenters. The summed E-state index contributed by atoms with van der Waals surface area (Å²) in [5, 5.41) is 1.77. The largest absolute Gasteiger partial charge is 0.315 e. The summed E-state index contributed by atoms with van der Waals surface area (Å²) < 4.78 is 1.73. The van der Waals surface area contributed by atoms with Crippen LogP contribution >= 0.6 is 0 Å². The highest BCUT2D eigenvalue weighted by atomic mass is 16.1. The first-order valence-electron chi connectivity index (χ1n) is 6.05. The minimum Gasteiger partial charge on any atom is -0.315 e. The van der Waals surface area contributed by atoms with E-state index in [0.717, 1.165) is 22.2 Å². The lowest BCUT2D eigenvalue weighted by Gasteiger charge is -2.11. The van der Waals surface area contributed by atoms with Crippen LogP contribution in [0.15, 0.2) is 23.1 Å². The van der Waals surface area contributed by atoms with E-state index >= 15 is 0 Å². The Morgan fingerprint density at radius 1 is 1.41 bits per heavy atom. The molecule has 0 saturated carbocycles. The molecule has 0 aromatic carbocycles. The van der Waals surface area contributed by atoms with Gasteiger partial charge in [0.2, 0.25) is 0 Å². The second-order valence-corrected chi connectivity index (χ2v) is 4.67. The van der Waals surface area contributed by atoms with E-state index in [1.807, 2.05) is 32.2 Å². The third-order valence-electron chi connectivity index (χ3n) is 3.00. The molecule has 2 aromatic heterocycles. The number of nitrogens with zero attached hydrogens (tertiary/aromatic N) is 2. The number of aromatic nitrogens is 2. The predicted octanol–water partition coefficient (Wildman–Crippen LogP) is 2.85. The summed E-state index contributed by atoms with van der Waals surface area (Å²) in [7, 11) is 0. The molecule has 0 aliphatic rings. The molecule has 0 bridgehead atoms. The highest BCUT2D eigenvalue weighted by Gasteiger charge is 2.12. The second-order valence-electron chi connectivity index (χ2n) is 4.67. The molecule has 0 fully saturated rings. The van der Waals surface area contributed by atoms with E-state index in [1.165, 1.54) is 0 Å². The van der Waals surface area contributed by atoms with Crippen molar-refractivity contribution in [3.8, 4) is 0 Å². The minimum atomic E-state index is 0.0706. The van der Waals surface area contributed by atoms with Gasteiger partial charge in [0.05, 0.1) is 11.1 Å². The molecule has 2 aromatic rings. The molecule has 2 heterocycles. The summed E-state index contributed by atoms with van der Waals surface area (Å²) in [6, 6.07) is 3.98. The first-order valence-corrected chi connectivity index (χ1v) is 6.05. The molecule has 0 aliphatic carbocycles. The van der Waals surface area contributed by atoms with E-state index in [1.54, 1.807) is 4.57 Å². The zero-order chi connectivity index (χ0) is 12.6. The van der Waals surface area contributed by atoms with Crippen LogP contribution in [0.3, 0.4) is 0 Å². The van der Waals surface area contributed by atoms with Crippen molar-refractivity contribution >= 4 is 10.8 Å². The van der Waals surface area contributed by atoms with E-state index in [9.17, 15) is 4.79 Å². The average molecular weight is 230 g/mol. The fraction of sp³-hybridized carbons (Fsp3) is 0.429. The van der Waals surface area contributed by atoms with Crippen LogP contribution in [0.25, 0.3) is 10.8 Å². The fourth-order valence-electron chi connectivity index (χ4n) is 2.14. The lowest BCUT2D eigenvalue weighted by Crippen LogP contribution is -2.20. The van der Waals surface area contributed by atoms with Crippen LogP contribution in [0.2, 0.25) is 0 Å². The van der Waals surface area contributed by atoms with Crippen LogP contribution in [0.1, 0.15) is 38.1 Å². The van der Waals surface area contributed by atoms with Gasteiger partial charge in [-0.2, -0.15) is 0 Å². The summed E-state index contributed by atoms with van der Waals surface area (Å²) in [5.74, 6) is 0.262. The highest BCUT2D eigenvalue weighted by Crippen LogP contribution is 2.21. The molecule has 0 unspecified atom stereocenters. The van der Waals surface area contributed by atoms with E-state index in [0.29, 0.717) is 6.54 Å². The number of hydrogen-bond donors (Lipinski definition) is 0. The van der Waals surface area contributed by atoms with Gasteiger partial charge in [-0.1, -0.05) is 13.8 Å². The zero-order valence-corrected chi connectivity index (χ0v) is 10.8. The Labute approximate surface area is 101 Å². The van der Waals surface area contributed by atoms with Crippen LogP contribution in [-0.4, -0.2) is 9.55 Å². The summed E-state index contributed by atoms with van der Waals surface area (Å²) in [6.07, 6.45) is 1.86. The van der Waals surface area contributed by atoms with Gasteiger partial charge in [-0.05, 0) is 37.3 Å². The van der Waals surface area contributed by atoms with E-state index in [4.69, 9.17) is 0 Å². The first kappa shape index (κ1) is 11.8. The maximum Gasteiger partial charge on any atom is 0.260 e. The van der Waals surface area contributed by atoms with Crippen molar-refractivity contribution in [2.24, 2.45) is 0 Å². The summed E-state index contributed by atoms with van der Waals surface area (Å²) in [5.41, 5.74) is 1.95. The molecule has 17 heavy (non-hydrogen) atoms. The quantitative estimate of drug-likeness (QED) is 0.795. The summed E-state index contributed by atoms with van der Waals surface area (Å²) in [4.78, 5) is 16.8. The van der Waals surface area contributed by atoms with Crippen LogP contribution in [0, 0.1) is 6.92 Å². The lowest BCUT2D eigenvalue weighted by atomic mass is 10.0. The highest BCUT2D eigenvalue weighted by molar-refractivity contribution is 5.84. The van der Waals surface area contributed by atoms with Crippen molar-refractivity contribution in [2.45, 2.75) is 40.2 Å². The topological polar surface area (TPSA) is 34.9 Å². The van der Waals surface area contributed by atoms with Gasteiger partial charge in [0.1, 0.15) is 0 Å². The molecule has 0 spiro atoms. The van der Waals surface area contributed by atoms with Crippen molar-refractivity contribution in [3.63, 3.8) is 0 Å². The predicted molar refractivity (Wildman–Crippen MR) is 70.5 cm³/mol. The Hall–Kier alpha value is -1.64. The molecule has 90 valence electrons. The van der Waals surface area contributed by atoms with E-state index in [2.05, 4.69) is 18.8 Å². The van der Waals surface area contributed by atoms with Crippen LogP contribution in [-0.2, 0) is 6.54 Å². The van der Waals surface area contributed by atoms with Crippen molar-refractivity contribution in [1.82, 2.24) is 9.55 Å². The molecular formula is C14H18N2O. The molecule has 3 nitrogen and oxygen atoms in total. The first-order chi connectivity index (χ1) is 8.04. The van der Waals surface area contributed by atoms with Gasteiger partial charge in [0, 0.05) is 18.4 Å². The number of pyridine rings is 2. The lowest BCUT2D eigenvalue weighted by molar-refractivity contribution is 0.730. The monoisotopic (exact) mass is 230 g/mol. The number of rotatable bonds is 2. The Kier molecular flexibility index (Phi) is 3.01. The van der Waals surface area contributed by atoms with E-state index < -0.39 is 0 Å². The number of hydrogen-bond acceptors (Lipinski definition) is 2. The standard InChI is InChI=1S/C14H18N2O/c1-5-16-7-6-11-8-10(4)15-13(9(2)3)12(11)14(16)17/h6-9H,5H2,1-4H3. The molecule has 3 heteroatoms. The summed E-state index contributed by atoms with van der Waals surface area (Å²) in [6.45, 7) is 8.79. The van der Waals surface area contributed by atoms with Crippen molar-refractivity contribution in [2.75, 3.05) is 0 Å². The Balaban J connectivity index is 2.92. The van der Waals surface area contributed by atoms with Gasteiger partial charge < -0.3 is 4.57 Å². The van der Waals surface area contributed by atoms with E-state index in [-0.39, 0.29) is 11.5 Å². The smallest absolute Gasteiger partial charge is 0.260 e. The van der Waals surface area contributed by atoms with Gasteiger partial charge in [0.15, 0.2) is 0 Å². The number of aryl methyl sites for hydroxylation is 2. The third kappa shape index (κ3) is 1.97. The summed E-state index contributed by atoms with van der Waals surface area (Å²) >= 11 is 0. The van der Waals surface area contributed by atoms with Gasteiger partial charge in [-0.3, -0.25) is 9.78 Å².